The molecule has 7 nitrogen and oxygen atoms in total. The van der Waals surface area contributed by atoms with Gasteiger partial charge in [0.2, 0.25) is 0 Å². The molecule has 0 aliphatic heterocycles. The zero-order valence-corrected chi connectivity index (χ0v) is 32.1. The first kappa shape index (κ1) is 39.0. The van der Waals surface area contributed by atoms with Crippen LogP contribution in [0.3, 0.4) is 0 Å². The fourth-order valence-electron chi connectivity index (χ4n) is 5.80. The third kappa shape index (κ3) is 11.5. The molecule has 0 aliphatic carbocycles. The predicted molar refractivity (Wildman–Crippen MR) is 187 cm³/mol. The molecular weight excluding hydrogens is 693 g/mol. The number of carbonyl (C=O) groups excluding carboxylic acids is 2. The number of esters is 2. The first-order chi connectivity index (χ1) is 21.6. The van der Waals surface area contributed by atoms with Crippen LogP contribution in [-0.4, -0.2) is 62.7 Å². The molecule has 0 saturated carbocycles. The van der Waals surface area contributed by atoms with Crippen LogP contribution in [0, 0.1) is 0 Å². The average Bonchev–Trinajstić information content (AvgIpc) is 3.04. The van der Waals surface area contributed by atoms with Gasteiger partial charge in [0, 0.05) is 13.1 Å². The van der Waals surface area contributed by atoms with E-state index >= 15 is 0 Å². The number of carbonyl (C=O) groups is 2. The first-order valence-corrected chi connectivity index (χ1v) is 25.9. The molecule has 0 spiro atoms. The molecule has 45 heavy (non-hydrogen) atoms. The fraction of sp³-hybridized carbons (Fsp3) is 0.556. The summed E-state index contributed by atoms with van der Waals surface area (Å²) in [6.07, 6.45) is 10.1. The normalized spacial score (nSPS) is 12.4. The van der Waals surface area contributed by atoms with Crippen LogP contribution in [0.15, 0.2) is 59.5 Å². The van der Waals surface area contributed by atoms with Gasteiger partial charge < -0.3 is 0 Å². The number of rotatable bonds is 21. The van der Waals surface area contributed by atoms with Crippen LogP contribution in [0.1, 0.15) is 109 Å². The van der Waals surface area contributed by atoms with Gasteiger partial charge in [0.25, 0.3) is 0 Å². The van der Waals surface area contributed by atoms with Gasteiger partial charge in [-0.2, -0.15) is 4.31 Å². The fourth-order valence-corrected chi connectivity index (χ4v) is 24.1. The van der Waals surface area contributed by atoms with Gasteiger partial charge >= 0.3 is 226 Å². The molecule has 0 amide bonds. The molecule has 250 valence electrons. The zero-order valence-electron chi connectivity index (χ0n) is 28.4. The SMILES string of the molecule is CCC[CH2][Sn]([CH2]CCC)([CH2]CCC)/[C](=C\C(=O)OCC)c1ccc(OC(=O)c2ccc(S(=O)(=O)N(CCC)CCC)cc2)cc1. The van der Waals surface area contributed by atoms with Gasteiger partial charge in [-0.25, -0.2) is 8.42 Å². The Morgan fingerprint density at radius 3 is 1.64 bits per heavy atom. The first-order valence-electron chi connectivity index (χ1n) is 16.9. The standard InChI is InChI=1S/C24H28NO6S.3C4H9.Sn/c1-4-17-25(18-5-2)32(28,29)22-14-10-20(11-15-22)24(27)31-21-12-7-19(8-13-21)9-16-23(26)30-6-3;3*1-3-4-2;/h7-8,10-16H,4-6,17-18H2,1-3H3;3*1,3-4H2,2H3;. The van der Waals surface area contributed by atoms with E-state index in [2.05, 4.69) is 20.8 Å². The number of unbranched alkanes of at least 4 members (excludes halogenated alkanes) is 3. The summed E-state index contributed by atoms with van der Waals surface area (Å²) >= 11 is -3.04. The quantitative estimate of drug-likeness (QED) is 0.0548. The molecule has 2 aromatic rings. The van der Waals surface area contributed by atoms with E-state index in [0.717, 1.165) is 56.9 Å². The van der Waals surface area contributed by atoms with Crippen LogP contribution in [0.5, 0.6) is 5.75 Å². The predicted octanol–water partition coefficient (Wildman–Crippen LogP) is 9.05. The molecule has 0 atom stereocenters. The number of sulfonamides is 1. The van der Waals surface area contributed by atoms with Gasteiger partial charge in [-0.15, -0.1) is 0 Å². The van der Waals surface area contributed by atoms with Crippen molar-refractivity contribution in [3.8, 4) is 5.75 Å². The Morgan fingerprint density at radius 2 is 1.20 bits per heavy atom. The Labute approximate surface area is 276 Å². The van der Waals surface area contributed by atoms with E-state index < -0.39 is 34.4 Å². The average molecular weight is 749 g/mol. The van der Waals surface area contributed by atoms with Gasteiger partial charge in [0.05, 0.1) is 0 Å². The van der Waals surface area contributed by atoms with Crippen molar-refractivity contribution in [3.05, 3.63) is 65.7 Å². The van der Waals surface area contributed by atoms with Gasteiger partial charge in [-0.1, -0.05) is 13.8 Å². The van der Waals surface area contributed by atoms with E-state index in [9.17, 15) is 18.0 Å². The van der Waals surface area contributed by atoms with Crippen molar-refractivity contribution >= 4 is 43.9 Å². The van der Waals surface area contributed by atoms with E-state index in [1.54, 1.807) is 18.2 Å². The minimum atomic E-state index is -3.63. The summed E-state index contributed by atoms with van der Waals surface area (Å²) in [5.74, 6) is -0.452. The summed E-state index contributed by atoms with van der Waals surface area (Å²) in [6.45, 7) is 13.7. The van der Waals surface area contributed by atoms with Crippen LogP contribution < -0.4 is 4.74 Å². The van der Waals surface area contributed by atoms with E-state index in [1.165, 1.54) is 45.5 Å². The van der Waals surface area contributed by atoms with E-state index in [4.69, 9.17) is 9.47 Å². The Bertz CT molecular complexity index is 1290. The molecule has 0 aromatic heterocycles. The van der Waals surface area contributed by atoms with Crippen molar-refractivity contribution in [1.29, 1.82) is 0 Å². The second-order valence-electron chi connectivity index (χ2n) is 11.7. The summed E-state index contributed by atoms with van der Waals surface area (Å²) in [5.41, 5.74) is 1.28. The number of nitrogens with zero attached hydrogens (tertiary/aromatic N) is 1. The van der Waals surface area contributed by atoms with Crippen molar-refractivity contribution < 1.29 is 27.5 Å². The summed E-state index contributed by atoms with van der Waals surface area (Å²) < 4.78 is 43.6. The summed E-state index contributed by atoms with van der Waals surface area (Å²) in [7, 11) is -3.63. The molecule has 0 saturated heterocycles. The van der Waals surface area contributed by atoms with Gasteiger partial charge in [-0.05, 0) is 12.8 Å². The molecule has 0 N–H and O–H groups in total. The molecule has 9 heteroatoms. The van der Waals surface area contributed by atoms with Crippen LogP contribution in [-0.2, 0) is 19.6 Å². The van der Waals surface area contributed by atoms with E-state index in [1.807, 2.05) is 32.9 Å². The Morgan fingerprint density at radius 1 is 0.711 bits per heavy atom. The number of benzene rings is 2. The Kier molecular flexibility index (Phi) is 17.5. The van der Waals surface area contributed by atoms with Crippen molar-refractivity contribution in [2.24, 2.45) is 0 Å². The molecule has 0 fully saturated rings. The maximum atomic E-state index is 13.1. The second-order valence-corrected chi connectivity index (χ2v) is 26.8. The summed E-state index contributed by atoms with van der Waals surface area (Å²) in [6, 6.07) is 13.4. The number of ether oxygens (including phenoxy) is 2. The molecule has 0 heterocycles. The van der Waals surface area contributed by atoms with Crippen molar-refractivity contribution in [3.63, 3.8) is 0 Å². The molecule has 0 aliphatic rings. The van der Waals surface area contributed by atoms with Crippen LogP contribution in [0.4, 0.5) is 0 Å². The molecule has 2 aromatic carbocycles. The monoisotopic (exact) mass is 749 g/mol. The second kappa shape index (κ2) is 20.1. The third-order valence-corrected chi connectivity index (χ3v) is 25.8. The molecule has 0 unspecified atom stereocenters. The van der Waals surface area contributed by atoms with E-state index in [-0.39, 0.29) is 16.4 Å². The molecule has 0 radical (unpaired) electrons. The number of hydrogen-bond acceptors (Lipinski definition) is 6. The summed E-state index contributed by atoms with van der Waals surface area (Å²) in [5, 5.41) is 0. The minimum absolute atomic E-state index is 0.162. The molecule has 2 rings (SSSR count). The Balaban J connectivity index is 2.38. The van der Waals surface area contributed by atoms with Crippen LogP contribution in [0.25, 0.3) is 3.59 Å². The van der Waals surface area contributed by atoms with Crippen molar-refractivity contribution in [2.75, 3.05) is 19.7 Å². The topological polar surface area (TPSA) is 90.0 Å². The number of hydrogen-bond donors (Lipinski definition) is 0. The van der Waals surface area contributed by atoms with Gasteiger partial charge in [0.15, 0.2) is 0 Å². The van der Waals surface area contributed by atoms with Crippen LogP contribution >= 0.6 is 0 Å². The summed E-state index contributed by atoms with van der Waals surface area (Å²) in [4.78, 5) is 26.1. The third-order valence-electron chi connectivity index (χ3n) is 8.20. The Hall–Kier alpha value is -2.17. The van der Waals surface area contributed by atoms with Crippen molar-refractivity contribution in [1.82, 2.24) is 4.31 Å². The zero-order chi connectivity index (χ0) is 33.3. The molecular formula is C36H55NO6SSn. The maximum absolute atomic E-state index is 13.1. The van der Waals surface area contributed by atoms with Gasteiger partial charge in [-0.3, -0.25) is 0 Å². The van der Waals surface area contributed by atoms with E-state index in [0.29, 0.717) is 25.4 Å². The molecule has 0 bridgehead atoms. The van der Waals surface area contributed by atoms with Gasteiger partial charge in [0.1, 0.15) is 0 Å². The van der Waals surface area contributed by atoms with Crippen molar-refractivity contribution in [2.45, 2.75) is 111 Å². The van der Waals surface area contributed by atoms with Crippen LogP contribution in [0.2, 0.25) is 13.3 Å².